The van der Waals surface area contributed by atoms with Crippen molar-refractivity contribution in [2.24, 2.45) is 0 Å². The summed E-state index contributed by atoms with van der Waals surface area (Å²) in [5.74, 6) is 0. The van der Waals surface area contributed by atoms with Gasteiger partial charge in [-0.15, -0.1) is 0 Å². The Morgan fingerprint density at radius 2 is 1.88 bits per heavy atom. The van der Waals surface area contributed by atoms with Crippen LogP contribution in [0.5, 0.6) is 0 Å². The molecule has 0 fully saturated rings. The number of anilines is 2. The Balaban J connectivity index is 1.94. The Bertz CT molecular complexity index is 449. The molecule has 0 radical (unpaired) electrons. The zero-order chi connectivity index (χ0) is 11.4. The van der Waals surface area contributed by atoms with Crippen LogP contribution in [0.15, 0.2) is 28.7 Å². The largest absolute Gasteiger partial charge is 0.390 e. The molecule has 0 saturated carbocycles. The van der Waals surface area contributed by atoms with Gasteiger partial charge in [-0.25, -0.2) is 0 Å². The van der Waals surface area contributed by atoms with E-state index in [1.54, 1.807) is 0 Å². The predicted octanol–water partition coefficient (Wildman–Crippen LogP) is 1.83. The molecule has 0 aliphatic rings. The first-order chi connectivity index (χ1) is 7.78. The van der Waals surface area contributed by atoms with Crippen LogP contribution in [0.3, 0.4) is 0 Å². The number of nitrogens with zero attached hydrogens (tertiary/aromatic N) is 2. The van der Waals surface area contributed by atoms with E-state index in [0.717, 1.165) is 12.0 Å². The summed E-state index contributed by atoms with van der Waals surface area (Å²) in [7, 11) is 0. The number of aryl methyl sites for hydroxylation is 1. The van der Waals surface area contributed by atoms with Crippen LogP contribution in [-0.2, 0) is 13.0 Å². The number of rotatable bonds is 4. The van der Waals surface area contributed by atoms with Gasteiger partial charge in [-0.1, -0.05) is 41.4 Å². The quantitative estimate of drug-likeness (QED) is 0.818. The van der Waals surface area contributed by atoms with Gasteiger partial charge >= 0.3 is 12.0 Å². The number of hydrogen-bond acceptors (Lipinski definition) is 5. The Hall–Kier alpha value is -2.04. The highest BCUT2D eigenvalue weighted by atomic mass is 16.4. The third-order valence-electron chi connectivity index (χ3n) is 2.32. The molecule has 3 N–H and O–H groups in total. The molecule has 1 aromatic heterocycles. The first-order valence-corrected chi connectivity index (χ1v) is 5.18. The van der Waals surface area contributed by atoms with Crippen LogP contribution in [-0.4, -0.2) is 10.2 Å². The summed E-state index contributed by atoms with van der Waals surface area (Å²) >= 11 is 0. The number of benzene rings is 1. The highest BCUT2D eigenvalue weighted by molar-refractivity contribution is 5.28. The summed E-state index contributed by atoms with van der Waals surface area (Å²) in [4.78, 5) is 0. The van der Waals surface area contributed by atoms with Crippen LogP contribution in [0.25, 0.3) is 0 Å². The van der Waals surface area contributed by atoms with Crippen LogP contribution in [0.1, 0.15) is 18.1 Å². The topological polar surface area (TPSA) is 77.0 Å². The summed E-state index contributed by atoms with van der Waals surface area (Å²) in [6.45, 7) is 2.78. The van der Waals surface area contributed by atoms with Gasteiger partial charge in [0.1, 0.15) is 0 Å². The van der Waals surface area contributed by atoms with Crippen molar-refractivity contribution in [3.8, 4) is 0 Å². The normalized spacial score (nSPS) is 10.3. The summed E-state index contributed by atoms with van der Waals surface area (Å²) in [5.41, 5.74) is 7.79. The van der Waals surface area contributed by atoms with Gasteiger partial charge in [0.25, 0.3) is 0 Å². The molecule has 0 spiro atoms. The summed E-state index contributed by atoms with van der Waals surface area (Å²) < 4.78 is 4.99. The standard InChI is InChI=1S/C11H14N4O/c1-2-8-3-5-9(6-4-8)7-13-11-15-14-10(12)16-11/h3-6H,2,7H2,1H3,(H2,12,14)(H,13,15). The molecule has 5 nitrogen and oxygen atoms in total. The molecule has 2 aromatic rings. The van der Waals surface area contributed by atoms with Gasteiger partial charge in [-0.05, 0) is 17.5 Å². The van der Waals surface area contributed by atoms with Gasteiger partial charge in [0, 0.05) is 6.54 Å². The van der Waals surface area contributed by atoms with Gasteiger partial charge in [0.2, 0.25) is 0 Å². The summed E-state index contributed by atoms with van der Waals surface area (Å²) in [6.07, 6.45) is 1.05. The molecule has 0 saturated heterocycles. The molecule has 2 rings (SSSR count). The lowest BCUT2D eigenvalue weighted by Crippen LogP contribution is -1.99. The summed E-state index contributed by atoms with van der Waals surface area (Å²) in [5, 5.41) is 10.3. The fourth-order valence-electron chi connectivity index (χ4n) is 1.38. The van der Waals surface area contributed by atoms with E-state index in [0.29, 0.717) is 12.6 Å². The molecule has 1 aromatic carbocycles. The maximum absolute atomic E-state index is 5.31. The monoisotopic (exact) mass is 218 g/mol. The molecular weight excluding hydrogens is 204 g/mol. The molecule has 0 amide bonds. The van der Waals surface area contributed by atoms with Crippen molar-refractivity contribution in [1.82, 2.24) is 10.2 Å². The molecule has 0 aliphatic carbocycles. The number of hydrogen-bond donors (Lipinski definition) is 2. The zero-order valence-corrected chi connectivity index (χ0v) is 9.10. The van der Waals surface area contributed by atoms with Crippen molar-refractivity contribution in [1.29, 1.82) is 0 Å². The van der Waals surface area contributed by atoms with Gasteiger partial charge in [-0.3, -0.25) is 0 Å². The van der Waals surface area contributed by atoms with Crippen LogP contribution < -0.4 is 11.1 Å². The van der Waals surface area contributed by atoms with Crippen molar-refractivity contribution >= 4 is 12.0 Å². The Labute approximate surface area is 93.7 Å². The van der Waals surface area contributed by atoms with Crippen LogP contribution >= 0.6 is 0 Å². The molecular formula is C11H14N4O. The van der Waals surface area contributed by atoms with Gasteiger partial charge in [-0.2, -0.15) is 0 Å². The van der Waals surface area contributed by atoms with Gasteiger partial charge in [0.15, 0.2) is 0 Å². The van der Waals surface area contributed by atoms with E-state index in [-0.39, 0.29) is 6.01 Å². The number of nitrogens with one attached hydrogen (secondary N) is 1. The van der Waals surface area contributed by atoms with E-state index in [1.165, 1.54) is 5.56 Å². The molecule has 0 unspecified atom stereocenters. The molecule has 5 heteroatoms. The molecule has 0 atom stereocenters. The fraction of sp³-hybridized carbons (Fsp3) is 0.273. The Morgan fingerprint density at radius 3 is 2.44 bits per heavy atom. The van der Waals surface area contributed by atoms with Crippen molar-refractivity contribution in [2.75, 3.05) is 11.1 Å². The van der Waals surface area contributed by atoms with E-state index in [2.05, 4.69) is 46.7 Å². The number of nitrogens with two attached hydrogens (primary N) is 1. The molecule has 0 aliphatic heterocycles. The summed E-state index contributed by atoms with van der Waals surface area (Å²) in [6, 6.07) is 8.79. The first kappa shape index (κ1) is 10.5. The van der Waals surface area contributed by atoms with Crippen molar-refractivity contribution in [3.63, 3.8) is 0 Å². The second-order valence-corrected chi connectivity index (χ2v) is 3.47. The lowest BCUT2D eigenvalue weighted by molar-refractivity contribution is 0.586. The van der Waals surface area contributed by atoms with Crippen molar-refractivity contribution in [3.05, 3.63) is 35.4 Å². The van der Waals surface area contributed by atoms with Crippen molar-refractivity contribution < 1.29 is 4.42 Å². The highest BCUT2D eigenvalue weighted by Gasteiger charge is 2.01. The van der Waals surface area contributed by atoms with E-state index >= 15 is 0 Å². The predicted molar refractivity (Wildman–Crippen MR) is 61.9 cm³/mol. The molecule has 0 bridgehead atoms. The smallest absolute Gasteiger partial charge is 0.317 e. The minimum Gasteiger partial charge on any atom is -0.390 e. The van der Waals surface area contributed by atoms with E-state index in [9.17, 15) is 0 Å². The fourth-order valence-corrected chi connectivity index (χ4v) is 1.38. The average molecular weight is 218 g/mol. The minimum absolute atomic E-state index is 0.0730. The number of nitrogen functional groups attached to an aromatic ring is 1. The first-order valence-electron chi connectivity index (χ1n) is 5.18. The third kappa shape index (κ3) is 2.50. The Kier molecular flexibility index (Phi) is 3.05. The Morgan fingerprint density at radius 1 is 1.19 bits per heavy atom. The lowest BCUT2D eigenvalue weighted by atomic mass is 10.1. The highest BCUT2D eigenvalue weighted by Crippen LogP contribution is 2.10. The maximum atomic E-state index is 5.31. The number of aromatic nitrogens is 2. The van der Waals surface area contributed by atoms with E-state index in [1.807, 2.05) is 0 Å². The van der Waals surface area contributed by atoms with Gasteiger partial charge in [0.05, 0.1) is 0 Å². The molecule has 16 heavy (non-hydrogen) atoms. The average Bonchev–Trinajstić information content (AvgIpc) is 2.73. The third-order valence-corrected chi connectivity index (χ3v) is 2.32. The van der Waals surface area contributed by atoms with Gasteiger partial charge < -0.3 is 15.5 Å². The van der Waals surface area contributed by atoms with E-state index in [4.69, 9.17) is 10.2 Å². The molecule has 84 valence electrons. The van der Waals surface area contributed by atoms with E-state index < -0.39 is 0 Å². The second kappa shape index (κ2) is 4.65. The molecule has 1 heterocycles. The van der Waals surface area contributed by atoms with Crippen LogP contribution in [0.4, 0.5) is 12.0 Å². The van der Waals surface area contributed by atoms with Crippen LogP contribution in [0, 0.1) is 0 Å². The maximum Gasteiger partial charge on any atom is 0.317 e. The van der Waals surface area contributed by atoms with Crippen molar-refractivity contribution in [2.45, 2.75) is 19.9 Å². The second-order valence-electron chi connectivity index (χ2n) is 3.47. The lowest BCUT2D eigenvalue weighted by Gasteiger charge is -2.02. The SMILES string of the molecule is CCc1ccc(CNc2nnc(N)o2)cc1. The zero-order valence-electron chi connectivity index (χ0n) is 9.10. The van der Waals surface area contributed by atoms with Crippen LogP contribution in [0.2, 0.25) is 0 Å². The minimum atomic E-state index is 0.0730.